The van der Waals surface area contributed by atoms with Gasteiger partial charge in [-0.1, -0.05) is 38.3 Å². The van der Waals surface area contributed by atoms with Gasteiger partial charge in [-0.2, -0.15) is 0 Å². The molecule has 19 heavy (non-hydrogen) atoms. The smallest absolute Gasteiger partial charge is 0.255 e. The van der Waals surface area contributed by atoms with Crippen LogP contribution in [0, 0.1) is 11.8 Å². The average molecular weight is 282 g/mol. The fraction of sp³-hybridized carbons (Fsp3) is 0.533. The summed E-state index contributed by atoms with van der Waals surface area (Å²) in [5.74, 6) is 0.798. The Hall–Kier alpha value is -1.22. The molecule has 1 fully saturated rings. The largest absolute Gasteiger partial charge is 0.507 e. The van der Waals surface area contributed by atoms with Crippen LogP contribution in [0.1, 0.15) is 43.5 Å². The van der Waals surface area contributed by atoms with E-state index in [9.17, 15) is 9.90 Å². The highest BCUT2D eigenvalue weighted by molar-refractivity contribution is 6.30. The number of aromatic hydroxyl groups is 1. The van der Waals surface area contributed by atoms with E-state index in [2.05, 4.69) is 19.2 Å². The molecule has 3 nitrogen and oxygen atoms in total. The Balaban J connectivity index is 2.08. The van der Waals surface area contributed by atoms with Crippen molar-refractivity contribution >= 4 is 17.5 Å². The highest BCUT2D eigenvalue weighted by atomic mass is 35.5. The van der Waals surface area contributed by atoms with E-state index in [0.717, 1.165) is 12.8 Å². The van der Waals surface area contributed by atoms with E-state index in [1.807, 2.05) is 0 Å². The maximum atomic E-state index is 12.2. The Morgan fingerprint density at radius 3 is 2.79 bits per heavy atom. The number of amides is 1. The lowest BCUT2D eigenvalue weighted by Gasteiger charge is -2.34. The molecule has 0 spiro atoms. The lowest BCUT2D eigenvalue weighted by molar-refractivity contribution is 0.0888. The first-order valence-electron chi connectivity index (χ1n) is 6.78. The molecule has 1 saturated carbocycles. The number of rotatable bonds is 2. The van der Waals surface area contributed by atoms with Crippen molar-refractivity contribution in [1.29, 1.82) is 0 Å². The molecule has 0 radical (unpaired) electrons. The molecule has 1 aromatic carbocycles. The van der Waals surface area contributed by atoms with Gasteiger partial charge in [-0.25, -0.2) is 0 Å². The zero-order valence-corrected chi connectivity index (χ0v) is 12.1. The van der Waals surface area contributed by atoms with Crippen molar-refractivity contribution in [2.24, 2.45) is 11.8 Å². The second-order valence-electron chi connectivity index (χ2n) is 5.51. The molecule has 104 valence electrons. The van der Waals surface area contributed by atoms with E-state index >= 15 is 0 Å². The van der Waals surface area contributed by atoms with Gasteiger partial charge in [-0.05, 0) is 36.5 Å². The van der Waals surface area contributed by atoms with E-state index in [1.54, 1.807) is 12.1 Å². The zero-order valence-electron chi connectivity index (χ0n) is 11.3. The van der Waals surface area contributed by atoms with Crippen LogP contribution in [-0.4, -0.2) is 17.1 Å². The predicted molar refractivity (Wildman–Crippen MR) is 76.6 cm³/mol. The molecule has 1 aromatic rings. The number of halogens is 1. The Labute approximate surface area is 119 Å². The summed E-state index contributed by atoms with van der Waals surface area (Å²) in [7, 11) is 0. The Kier molecular flexibility index (Phi) is 4.35. The predicted octanol–water partition coefficient (Wildman–Crippen LogP) is 3.60. The van der Waals surface area contributed by atoms with Crippen LogP contribution in [0.15, 0.2) is 18.2 Å². The molecule has 0 aromatic heterocycles. The van der Waals surface area contributed by atoms with Crippen molar-refractivity contribution in [1.82, 2.24) is 5.32 Å². The second kappa shape index (κ2) is 5.83. The number of phenolic OH excluding ortho intramolecular Hbond substituents is 1. The molecule has 0 bridgehead atoms. The first-order valence-corrected chi connectivity index (χ1v) is 7.16. The summed E-state index contributed by atoms with van der Waals surface area (Å²) in [5.41, 5.74) is 0.287. The van der Waals surface area contributed by atoms with Gasteiger partial charge < -0.3 is 10.4 Å². The van der Waals surface area contributed by atoms with Crippen molar-refractivity contribution in [3.05, 3.63) is 28.8 Å². The van der Waals surface area contributed by atoms with E-state index in [-0.39, 0.29) is 23.3 Å². The summed E-state index contributed by atoms with van der Waals surface area (Å²) in [5, 5.41) is 13.2. The van der Waals surface area contributed by atoms with Gasteiger partial charge in [0.25, 0.3) is 5.91 Å². The van der Waals surface area contributed by atoms with Crippen LogP contribution in [0.25, 0.3) is 0 Å². The first-order chi connectivity index (χ1) is 8.99. The van der Waals surface area contributed by atoms with Gasteiger partial charge >= 0.3 is 0 Å². The lowest BCUT2D eigenvalue weighted by Crippen LogP contribution is -2.43. The van der Waals surface area contributed by atoms with E-state index in [1.165, 1.54) is 12.5 Å². The maximum absolute atomic E-state index is 12.2. The van der Waals surface area contributed by atoms with Crippen LogP contribution in [0.4, 0.5) is 0 Å². The van der Waals surface area contributed by atoms with Crippen molar-refractivity contribution in [2.75, 3.05) is 0 Å². The summed E-state index contributed by atoms with van der Waals surface area (Å²) in [4.78, 5) is 12.2. The SMILES string of the molecule is CC1CCCC(NC(=O)c2ccc(Cl)cc2O)C1C. The van der Waals surface area contributed by atoms with Crippen LogP contribution in [0.2, 0.25) is 5.02 Å². The second-order valence-corrected chi connectivity index (χ2v) is 5.95. The Morgan fingerprint density at radius 1 is 1.37 bits per heavy atom. The third kappa shape index (κ3) is 3.21. The van der Waals surface area contributed by atoms with Crippen LogP contribution >= 0.6 is 11.6 Å². The lowest BCUT2D eigenvalue weighted by atomic mass is 9.78. The minimum atomic E-state index is -0.222. The van der Waals surface area contributed by atoms with E-state index < -0.39 is 0 Å². The third-order valence-corrected chi connectivity index (χ3v) is 4.46. The quantitative estimate of drug-likeness (QED) is 0.870. The molecule has 2 N–H and O–H groups in total. The van der Waals surface area contributed by atoms with Gasteiger partial charge in [-0.15, -0.1) is 0 Å². The monoisotopic (exact) mass is 281 g/mol. The van der Waals surface area contributed by atoms with Gasteiger partial charge in [0.1, 0.15) is 5.75 Å². The average Bonchev–Trinajstić information content (AvgIpc) is 2.34. The zero-order chi connectivity index (χ0) is 14.0. The minimum absolute atomic E-state index is 0.0680. The highest BCUT2D eigenvalue weighted by Gasteiger charge is 2.28. The van der Waals surface area contributed by atoms with Crippen LogP contribution in [0.5, 0.6) is 5.75 Å². The van der Waals surface area contributed by atoms with Crippen molar-refractivity contribution in [3.8, 4) is 5.75 Å². The number of nitrogens with one attached hydrogen (secondary N) is 1. The third-order valence-electron chi connectivity index (χ3n) is 4.23. The minimum Gasteiger partial charge on any atom is -0.507 e. The molecule has 1 aliphatic carbocycles. The van der Waals surface area contributed by atoms with Crippen LogP contribution < -0.4 is 5.32 Å². The summed E-state index contributed by atoms with van der Waals surface area (Å²) in [6, 6.07) is 4.75. The molecule has 0 saturated heterocycles. The fourth-order valence-corrected chi connectivity index (χ4v) is 2.89. The molecule has 1 amide bonds. The maximum Gasteiger partial charge on any atom is 0.255 e. The van der Waals surface area contributed by atoms with Crippen molar-refractivity contribution in [3.63, 3.8) is 0 Å². The number of hydrogen-bond donors (Lipinski definition) is 2. The summed E-state index contributed by atoms with van der Waals surface area (Å²) < 4.78 is 0. The molecule has 3 unspecified atom stereocenters. The van der Waals surface area contributed by atoms with Gasteiger partial charge in [-0.3, -0.25) is 4.79 Å². The standard InChI is InChI=1S/C15H20ClNO2/c1-9-4-3-5-13(10(9)2)17-15(19)12-7-6-11(16)8-14(12)18/h6-10,13,18H,3-5H2,1-2H3,(H,17,19). The van der Waals surface area contributed by atoms with E-state index in [0.29, 0.717) is 16.9 Å². The molecular formula is C15H20ClNO2. The van der Waals surface area contributed by atoms with Crippen molar-refractivity contribution in [2.45, 2.75) is 39.2 Å². The van der Waals surface area contributed by atoms with Crippen LogP contribution in [0.3, 0.4) is 0 Å². The molecule has 3 atom stereocenters. The van der Waals surface area contributed by atoms with Crippen LogP contribution in [-0.2, 0) is 0 Å². The fourth-order valence-electron chi connectivity index (χ4n) is 2.73. The van der Waals surface area contributed by atoms with Gasteiger partial charge in [0, 0.05) is 11.1 Å². The number of carbonyl (C=O) groups excluding carboxylic acids is 1. The number of benzene rings is 1. The molecule has 4 heteroatoms. The summed E-state index contributed by atoms with van der Waals surface area (Å²) in [6.45, 7) is 4.40. The molecule has 0 heterocycles. The number of carbonyl (C=O) groups is 1. The molecule has 0 aliphatic heterocycles. The Bertz CT molecular complexity index is 475. The van der Waals surface area contributed by atoms with E-state index in [4.69, 9.17) is 11.6 Å². The number of phenols is 1. The summed E-state index contributed by atoms with van der Waals surface area (Å²) >= 11 is 5.76. The summed E-state index contributed by atoms with van der Waals surface area (Å²) in [6.07, 6.45) is 3.37. The molecule has 2 rings (SSSR count). The van der Waals surface area contributed by atoms with Gasteiger partial charge in [0.2, 0.25) is 0 Å². The van der Waals surface area contributed by atoms with Gasteiger partial charge in [0.15, 0.2) is 0 Å². The van der Waals surface area contributed by atoms with Crippen molar-refractivity contribution < 1.29 is 9.90 Å². The van der Waals surface area contributed by atoms with Gasteiger partial charge in [0.05, 0.1) is 5.56 Å². The molecule has 1 aliphatic rings. The topological polar surface area (TPSA) is 49.3 Å². The normalized spacial score (nSPS) is 27.0. The first kappa shape index (κ1) is 14.2. The number of hydrogen-bond acceptors (Lipinski definition) is 2. The highest BCUT2D eigenvalue weighted by Crippen LogP contribution is 2.30. The molecular weight excluding hydrogens is 262 g/mol. The Morgan fingerprint density at radius 2 is 2.11 bits per heavy atom.